The number of hydrogen-bond donors (Lipinski definition) is 3. The highest BCUT2D eigenvalue weighted by Crippen LogP contribution is 2.26. The number of aryl methyl sites for hydroxylation is 2. The van der Waals surface area contributed by atoms with E-state index in [1.165, 1.54) is 13.7 Å². The van der Waals surface area contributed by atoms with E-state index in [0.29, 0.717) is 60.5 Å². The van der Waals surface area contributed by atoms with E-state index in [1.807, 2.05) is 65.4 Å². The highest BCUT2D eigenvalue weighted by molar-refractivity contribution is 14.1. The Balaban J connectivity index is 0.000000198. The van der Waals surface area contributed by atoms with Gasteiger partial charge in [-0.05, 0) is 115 Å². The fourth-order valence-corrected chi connectivity index (χ4v) is 9.56. The molecule has 4 aromatic heterocycles. The SMILES string of the molecule is CC(O)Cn1c(=O)c2c(nc(N3CCCNCC3)n2Cc2ccccc2I)n(C)c1=O.CCOC(Cn1c(=O)c2c(nc(N3CCCNCC3)n2Cc2ccccc2I)n(C)c1=O)OCC. The molecule has 0 spiro atoms. The minimum absolute atomic E-state index is 0.0140. The van der Waals surface area contributed by atoms with Crippen LogP contribution < -0.4 is 42.9 Å². The fourth-order valence-electron chi connectivity index (χ4n) is 8.45. The van der Waals surface area contributed by atoms with Crippen molar-refractivity contribution < 1.29 is 14.6 Å². The summed E-state index contributed by atoms with van der Waals surface area (Å²) in [6.45, 7) is 13.7. The number of aromatic nitrogens is 8. The van der Waals surface area contributed by atoms with Gasteiger partial charge in [-0.1, -0.05) is 36.4 Å². The van der Waals surface area contributed by atoms with Crippen LogP contribution in [0.25, 0.3) is 22.3 Å². The second-order valence-corrected chi connectivity index (χ2v) is 18.7. The van der Waals surface area contributed by atoms with Crippen LogP contribution in [0.5, 0.6) is 0 Å². The molecule has 1 atom stereocenters. The zero-order chi connectivity index (χ0) is 47.1. The Morgan fingerprint density at radius 1 is 0.636 bits per heavy atom. The van der Waals surface area contributed by atoms with Gasteiger partial charge in [0.2, 0.25) is 11.9 Å². The zero-order valence-corrected chi connectivity index (χ0v) is 42.5. The first-order valence-corrected chi connectivity index (χ1v) is 24.7. The molecule has 3 N–H and O–H groups in total. The van der Waals surface area contributed by atoms with Crippen molar-refractivity contribution in [2.24, 2.45) is 14.1 Å². The molecule has 356 valence electrons. The Kier molecular flexibility index (Phi) is 16.9. The minimum Gasteiger partial charge on any atom is -0.392 e. The van der Waals surface area contributed by atoms with E-state index in [0.717, 1.165) is 88.0 Å². The number of imidazole rings is 2. The fraction of sp³-hybridized carbons (Fsp3) is 0.511. The molecular weight excluding hydrogens is 1070 g/mol. The molecule has 0 aliphatic carbocycles. The molecule has 0 saturated carbocycles. The molecule has 2 aromatic carbocycles. The molecular formula is C45H60I2N12O7. The summed E-state index contributed by atoms with van der Waals surface area (Å²) in [6.07, 6.45) is 0.442. The number of aliphatic hydroxyl groups excluding tert-OH is 1. The number of anilines is 2. The number of nitrogens with zero attached hydrogens (tertiary/aromatic N) is 10. The van der Waals surface area contributed by atoms with Gasteiger partial charge in [0, 0.05) is 73.7 Å². The summed E-state index contributed by atoms with van der Waals surface area (Å²) in [5.74, 6) is 1.40. The van der Waals surface area contributed by atoms with E-state index in [4.69, 9.17) is 19.4 Å². The first kappa shape index (κ1) is 49.5. The van der Waals surface area contributed by atoms with Gasteiger partial charge in [-0.2, -0.15) is 9.97 Å². The third kappa shape index (κ3) is 10.8. The Hall–Kier alpha value is -4.40. The molecule has 0 radical (unpaired) electrons. The van der Waals surface area contributed by atoms with Crippen LogP contribution >= 0.6 is 45.2 Å². The van der Waals surface area contributed by atoms with Gasteiger partial charge >= 0.3 is 11.4 Å². The average molecular weight is 1130 g/mol. The van der Waals surface area contributed by atoms with Crippen molar-refractivity contribution >= 4 is 79.4 Å². The van der Waals surface area contributed by atoms with Crippen molar-refractivity contribution in [2.45, 2.75) is 72.2 Å². The van der Waals surface area contributed by atoms with Gasteiger partial charge in [0.15, 0.2) is 28.6 Å². The Labute approximate surface area is 409 Å². The summed E-state index contributed by atoms with van der Waals surface area (Å²) in [6, 6.07) is 16.1. The van der Waals surface area contributed by atoms with Crippen molar-refractivity contribution in [2.75, 3.05) is 75.4 Å². The molecule has 66 heavy (non-hydrogen) atoms. The summed E-state index contributed by atoms with van der Waals surface area (Å²) in [4.78, 5) is 67.4. The molecule has 8 rings (SSSR count). The number of fused-ring (bicyclic) bond motifs is 2. The second kappa shape index (κ2) is 22.6. The minimum atomic E-state index is -0.814. The summed E-state index contributed by atoms with van der Waals surface area (Å²) in [5, 5.41) is 16.7. The van der Waals surface area contributed by atoms with E-state index in [2.05, 4.69) is 71.7 Å². The molecule has 19 nitrogen and oxygen atoms in total. The number of halogens is 2. The number of ether oxygens (including phenoxy) is 2. The van der Waals surface area contributed by atoms with Gasteiger partial charge in [-0.25, -0.2) is 9.59 Å². The number of hydrogen-bond acceptors (Lipinski definition) is 13. The maximum atomic E-state index is 13.9. The lowest BCUT2D eigenvalue weighted by Crippen LogP contribution is -2.43. The van der Waals surface area contributed by atoms with E-state index in [1.54, 1.807) is 21.0 Å². The zero-order valence-electron chi connectivity index (χ0n) is 38.2. The number of nitrogens with one attached hydrogen (secondary N) is 2. The Morgan fingerprint density at radius 2 is 1.06 bits per heavy atom. The van der Waals surface area contributed by atoms with Crippen LogP contribution in [-0.4, -0.2) is 120 Å². The van der Waals surface area contributed by atoms with Crippen molar-refractivity contribution in [1.29, 1.82) is 0 Å². The van der Waals surface area contributed by atoms with Gasteiger partial charge in [-0.15, -0.1) is 0 Å². The molecule has 21 heteroatoms. The molecule has 1 unspecified atom stereocenters. The predicted octanol–water partition coefficient (Wildman–Crippen LogP) is 2.48. The van der Waals surface area contributed by atoms with E-state index < -0.39 is 29.3 Å². The molecule has 2 fully saturated rings. The molecule has 2 aliphatic heterocycles. The first-order valence-electron chi connectivity index (χ1n) is 22.5. The third-order valence-corrected chi connectivity index (χ3v) is 13.8. The van der Waals surface area contributed by atoms with Gasteiger partial charge in [0.1, 0.15) is 0 Å². The smallest absolute Gasteiger partial charge is 0.332 e. The van der Waals surface area contributed by atoms with E-state index >= 15 is 0 Å². The molecule has 2 saturated heterocycles. The summed E-state index contributed by atoms with van der Waals surface area (Å²) < 4.78 is 22.5. The molecule has 0 amide bonds. The van der Waals surface area contributed by atoms with Crippen molar-refractivity contribution in [3.05, 3.63) is 108 Å². The van der Waals surface area contributed by atoms with Crippen LogP contribution in [0.3, 0.4) is 0 Å². The topological polar surface area (TPSA) is 193 Å². The van der Waals surface area contributed by atoms with Gasteiger partial charge in [0.05, 0.1) is 32.3 Å². The van der Waals surface area contributed by atoms with Gasteiger partial charge in [-0.3, -0.25) is 37.0 Å². The Morgan fingerprint density at radius 3 is 1.47 bits per heavy atom. The van der Waals surface area contributed by atoms with E-state index in [9.17, 15) is 24.3 Å². The van der Waals surface area contributed by atoms with Crippen LogP contribution in [0.15, 0.2) is 67.7 Å². The first-order chi connectivity index (χ1) is 31.8. The van der Waals surface area contributed by atoms with Crippen LogP contribution in [0.4, 0.5) is 11.9 Å². The third-order valence-electron chi connectivity index (χ3n) is 11.7. The molecule has 6 heterocycles. The quantitative estimate of drug-likeness (QED) is 0.107. The summed E-state index contributed by atoms with van der Waals surface area (Å²) in [7, 11) is 3.29. The van der Waals surface area contributed by atoms with E-state index in [-0.39, 0.29) is 18.6 Å². The van der Waals surface area contributed by atoms with Crippen LogP contribution in [0.2, 0.25) is 0 Å². The highest BCUT2D eigenvalue weighted by Gasteiger charge is 2.27. The molecule has 0 bridgehead atoms. The van der Waals surface area contributed by atoms with Gasteiger partial charge in [0.25, 0.3) is 11.1 Å². The standard InChI is InChI=1S/C24H33IN6O4.C21H27IN6O3/c1-4-34-19(35-5-2)16-31-22(32)20-21(28(3)24(31)33)27-23(29-13-8-11-26-12-14-29)30(20)15-17-9-6-7-10-18(17)25;1-14(29)12-28-19(30)17-18(25(2)21(28)31)24-20(26-10-5-8-23-9-11-26)27(17)13-15-6-3-4-7-16(15)22/h6-7,9-10,19,26H,4-5,8,11-16H2,1-3H3;3-4,6-7,14,23,29H,5,8-13H2,1-2H3. The Bertz CT molecular complexity index is 2860. The van der Waals surface area contributed by atoms with Crippen LogP contribution in [0, 0.1) is 7.14 Å². The second-order valence-electron chi connectivity index (χ2n) is 16.4. The van der Waals surface area contributed by atoms with Crippen molar-refractivity contribution in [3.63, 3.8) is 0 Å². The van der Waals surface area contributed by atoms with Gasteiger partial charge < -0.3 is 35.0 Å². The molecule has 6 aromatic rings. The monoisotopic (exact) mass is 1130 g/mol. The largest absolute Gasteiger partial charge is 0.392 e. The summed E-state index contributed by atoms with van der Waals surface area (Å²) in [5.41, 5.74) is 2.00. The lowest BCUT2D eigenvalue weighted by atomic mass is 10.2. The normalized spacial score (nSPS) is 15.3. The maximum Gasteiger partial charge on any atom is 0.332 e. The predicted molar refractivity (Wildman–Crippen MR) is 273 cm³/mol. The lowest BCUT2D eigenvalue weighted by molar-refractivity contribution is -0.144. The number of rotatable bonds is 14. The molecule has 2 aliphatic rings. The highest BCUT2D eigenvalue weighted by atomic mass is 127. The maximum absolute atomic E-state index is 13.9. The lowest BCUT2D eigenvalue weighted by Gasteiger charge is -2.22. The number of aliphatic hydroxyl groups is 1. The van der Waals surface area contributed by atoms with Crippen LogP contribution in [-0.2, 0) is 49.7 Å². The number of benzene rings is 2. The van der Waals surface area contributed by atoms with Crippen LogP contribution in [0.1, 0.15) is 44.7 Å². The average Bonchev–Trinajstić information content (AvgIpc) is 3.56. The van der Waals surface area contributed by atoms with Crippen molar-refractivity contribution in [1.82, 2.24) is 48.0 Å². The summed E-state index contributed by atoms with van der Waals surface area (Å²) >= 11 is 4.61. The van der Waals surface area contributed by atoms with Crippen molar-refractivity contribution in [3.8, 4) is 0 Å².